The number of fused-ring (bicyclic) bond motifs is 1. The van der Waals surface area contributed by atoms with Crippen molar-refractivity contribution in [2.45, 2.75) is 12.1 Å². The van der Waals surface area contributed by atoms with Crippen molar-refractivity contribution in [3.05, 3.63) is 0 Å². The van der Waals surface area contributed by atoms with Crippen LogP contribution in [0.1, 0.15) is 0 Å². The monoisotopic (exact) mass is 174 g/mol. The number of hydrogen-bond donors (Lipinski definition) is 1. The van der Waals surface area contributed by atoms with Gasteiger partial charge in [-0.3, -0.25) is 4.90 Å². The zero-order chi connectivity index (χ0) is 8.39. The highest BCUT2D eigenvalue weighted by atomic mass is 19.1. The van der Waals surface area contributed by atoms with Crippen LogP contribution in [0.4, 0.5) is 4.39 Å². The lowest BCUT2D eigenvalue weighted by Crippen LogP contribution is -2.61. The summed E-state index contributed by atoms with van der Waals surface area (Å²) in [6, 6.07) is 0.515. The summed E-state index contributed by atoms with van der Waals surface area (Å²) < 4.78 is 17.6. The van der Waals surface area contributed by atoms with E-state index in [2.05, 4.69) is 10.2 Å². The predicted molar refractivity (Wildman–Crippen MR) is 43.9 cm³/mol. The molecule has 2 heterocycles. The number of hydrogen-bond acceptors (Lipinski definition) is 3. The van der Waals surface area contributed by atoms with E-state index >= 15 is 0 Å². The van der Waals surface area contributed by atoms with Crippen LogP contribution in [0.3, 0.4) is 0 Å². The van der Waals surface area contributed by atoms with E-state index in [1.165, 1.54) is 0 Å². The van der Waals surface area contributed by atoms with Crippen molar-refractivity contribution in [3.63, 3.8) is 0 Å². The Morgan fingerprint density at radius 3 is 3.33 bits per heavy atom. The molecular formula is C8H15FN2O. The highest BCUT2D eigenvalue weighted by Crippen LogP contribution is 2.11. The maximum atomic E-state index is 12.3. The van der Waals surface area contributed by atoms with Gasteiger partial charge >= 0.3 is 0 Å². The first-order valence-electron chi connectivity index (χ1n) is 4.51. The second kappa shape index (κ2) is 3.68. The van der Waals surface area contributed by atoms with Crippen LogP contribution in [-0.2, 0) is 4.74 Å². The highest BCUT2D eigenvalue weighted by Gasteiger charge is 2.29. The van der Waals surface area contributed by atoms with Gasteiger partial charge in [0.05, 0.1) is 13.2 Å². The van der Waals surface area contributed by atoms with Gasteiger partial charge in [0.1, 0.15) is 6.67 Å². The smallest absolute Gasteiger partial charge is 0.106 e. The zero-order valence-electron chi connectivity index (χ0n) is 7.13. The van der Waals surface area contributed by atoms with E-state index in [0.29, 0.717) is 6.04 Å². The van der Waals surface area contributed by atoms with E-state index in [-0.39, 0.29) is 12.7 Å². The van der Waals surface area contributed by atoms with Crippen molar-refractivity contribution in [3.8, 4) is 0 Å². The molecule has 1 N–H and O–H groups in total. The molecule has 2 atom stereocenters. The lowest BCUT2D eigenvalue weighted by Gasteiger charge is -2.42. The number of ether oxygens (including phenoxy) is 1. The third kappa shape index (κ3) is 1.60. The molecule has 70 valence electrons. The van der Waals surface area contributed by atoms with Crippen LogP contribution < -0.4 is 5.32 Å². The molecule has 2 rings (SSSR count). The number of alkyl halides is 1. The van der Waals surface area contributed by atoms with Gasteiger partial charge in [-0.25, -0.2) is 4.39 Å². The molecule has 2 unspecified atom stereocenters. The first-order valence-corrected chi connectivity index (χ1v) is 4.51. The number of morpholine rings is 1. The molecule has 0 aliphatic carbocycles. The lowest BCUT2D eigenvalue weighted by atomic mass is 10.1. The molecule has 2 fully saturated rings. The average Bonchev–Trinajstić information content (AvgIpc) is 2.17. The van der Waals surface area contributed by atoms with Crippen LogP contribution in [0.15, 0.2) is 0 Å². The number of nitrogens with zero attached hydrogens (tertiary/aromatic N) is 1. The van der Waals surface area contributed by atoms with Gasteiger partial charge in [0, 0.05) is 31.7 Å². The number of halogens is 1. The molecule has 0 bridgehead atoms. The summed E-state index contributed by atoms with van der Waals surface area (Å²) >= 11 is 0. The van der Waals surface area contributed by atoms with E-state index in [0.717, 1.165) is 32.8 Å². The van der Waals surface area contributed by atoms with Gasteiger partial charge in [0.2, 0.25) is 0 Å². The third-order valence-corrected chi connectivity index (χ3v) is 2.63. The van der Waals surface area contributed by atoms with Crippen molar-refractivity contribution in [1.82, 2.24) is 10.2 Å². The second-order valence-corrected chi connectivity index (χ2v) is 3.48. The van der Waals surface area contributed by atoms with Crippen LogP contribution in [0.5, 0.6) is 0 Å². The minimum atomic E-state index is -0.260. The van der Waals surface area contributed by atoms with Gasteiger partial charge in [0.25, 0.3) is 0 Å². The minimum Gasteiger partial charge on any atom is -0.378 e. The fourth-order valence-corrected chi connectivity index (χ4v) is 1.87. The molecule has 0 aromatic rings. The topological polar surface area (TPSA) is 24.5 Å². The molecule has 12 heavy (non-hydrogen) atoms. The van der Waals surface area contributed by atoms with Crippen molar-refractivity contribution in [1.29, 1.82) is 0 Å². The number of rotatable bonds is 1. The van der Waals surface area contributed by atoms with E-state index < -0.39 is 0 Å². The number of piperazine rings is 1. The maximum absolute atomic E-state index is 12.3. The van der Waals surface area contributed by atoms with Gasteiger partial charge in [-0.2, -0.15) is 0 Å². The van der Waals surface area contributed by atoms with E-state index in [9.17, 15) is 4.39 Å². The SMILES string of the molecule is FCC1CN2CCOCC2CN1. The molecule has 0 aromatic heterocycles. The molecule has 3 nitrogen and oxygen atoms in total. The first-order chi connectivity index (χ1) is 5.90. The first kappa shape index (κ1) is 8.41. The Morgan fingerprint density at radius 1 is 1.58 bits per heavy atom. The van der Waals surface area contributed by atoms with Gasteiger partial charge in [-0.15, -0.1) is 0 Å². The summed E-state index contributed by atoms with van der Waals surface area (Å²) in [6.45, 7) is 4.01. The van der Waals surface area contributed by atoms with Crippen LogP contribution in [0.2, 0.25) is 0 Å². The molecule has 0 spiro atoms. The normalized spacial score (nSPS) is 37.8. The molecule has 0 saturated carbocycles. The van der Waals surface area contributed by atoms with Crippen molar-refractivity contribution in [2.75, 3.05) is 39.5 Å². The molecule has 2 aliphatic rings. The second-order valence-electron chi connectivity index (χ2n) is 3.48. The fraction of sp³-hybridized carbons (Fsp3) is 1.00. The van der Waals surface area contributed by atoms with Crippen LogP contribution in [0.25, 0.3) is 0 Å². The molecule has 4 heteroatoms. The number of nitrogens with one attached hydrogen (secondary N) is 1. The van der Waals surface area contributed by atoms with Gasteiger partial charge in [0.15, 0.2) is 0 Å². The Hall–Kier alpha value is -0.190. The van der Waals surface area contributed by atoms with Crippen molar-refractivity contribution in [2.24, 2.45) is 0 Å². The summed E-state index contributed by atoms with van der Waals surface area (Å²) in [6.07, 6.45) is 0. The van der Waals surface area contributed by atoms with Gasteiger partial charge < -0.3 is 10.1 Å². The Labute approximate surface area is 71.9 Å². The van der Waals surface area contributed by atoms with Crippen LogP contribution in [-0.4, -0.2) is 56.5 Å². The van der Waals surface area contributed by atoms with Crippen LogP contribution >= 0.6 is 0 Å². The van der Waals surface area contributed by atoms with Crippen LogP contribution in [0, 0.1) is 0 Å². The summed E-state index contributed by atoms with van der Waals surface area (Å²) in [5.41, 5.74) is 0. The summed E-state index contributed by atoms with van der Waals surface area (Å²) in [4.78, 5) is 2.32. The Bertz CT molecular complexity index is 156. The summed E-state index contributed by atoms with van der Waals surface area (Å²) in [7, 11) is 0. The largest absolute Gasteiger partial charge is 0.378 e. The molecular weight excluding hydrogens is 159 g/mol. The Morgan fingerprint density at radius 2 is 2.50 bits per heavy atom. The minimum absolute atomic E-state index is 0.0411. The zero-order valence-corrected chi connectivity index (χ0v) is 7.13. The van der Waals surface area contributed by atoms with Crippen molar-refractivity contribution < 1.29 is 9.13 Å². The molecule has 2 saturated heterocycles. The highest BCUT2D eigenvalue weighted by molar-refractivity contribution is 4.87. The standard InChI is InChI=1S/C8H15FN2O/c9-3-7-5-11-1-2-12-6-8(11)4-10-7/h7-8,10H,1-6H2. The predicted octanol–water partition coefficient (Wildman–Crippen LogP) is -0.372. The molecule has 0 amide bonds. The average molecular weight is 174 g/mol. The summed E-state index contributed by atoms with van der Waals surface area (Å²) in [5, 5.41) is 3.17. The molecule has 0 radical (unpaired) electrons. The van der Waals surface area contributed by atoms with Gasteiger partial charge in [-0.05, 0) is 0 Å². The Kier molecular flexibility index (Phi) is 2.58. The van der Waals surface area contributed by atoms with E-state index in [1.54, 1.807) is 0 Å². The lowest BCUT2D eigenvalue weighted by molar-refractivity contribution is -0.0278. The molecule has 2 aliphatic heterocycles. The fourth-order valence-electron chi connectivity index (χ4n) is 1.87. The Balaban J connectivity index is 1.90. The van der Waals surface area contributed by atoms with E-state index in [4.69, 9.17) is 4.74 Å². The third-order valence-electron chi connectivity index (χ3n) is 2.63. The maximum Gasteiger partial charge on any atom is 0.106 e. The summed E-state index contributed by atoms with van der Waals surface area (Å²) in [5.74, 6) is 0. The van der Waals surface area contributed by atoms with E-state index in [1.807, 2.05) is 0 Å². The van der Waals surface area contributed by atoms with Crippen molar-refractivity contribution >= 4 is 0 Å². The molecule has 0 aromatic carbocycles. The van der Waals surface area contributed by atoms with Gasteiger partial charge in [-0.1, -0.05) is 0 Å². The quantitative estimate of drug-likeness (QED) is 0.587.